The second-order valence-corrected chi connectivity index (χ2v) is 5.87. The molecule has 0 aliphatic carbocycles. The number of aromatic amines is 1. The van der Waals surface area contributed by atoms with Gasteiger partial charge in [-0.15, -0.1) is 0 Å². The first-order valence-electron chi connectivity index (χ1n) is 7.99. The number of nitrogens with one attached hydrogen (secondary N) is 3. The highest BCUT2D eigenvalue weighted by Crippen LogP contribution is 2.20. The highest BCUT2D eigenvalue weighted by Gasteiger charge is 2.14. The zero-order valence-corrected chi connectivity index (χ0v) is 13.4. The van der Waals surface area contributed by atoms with E-state index in [9.17, 15) is 9.59 Å². The van der Waals surface area contributed by atoms with Gasteiger partial charge in [-0.05, 0) is 47.5 Å². The first kappa shape index (κ1) is 15.3. The van der Waals surface area contributed by atoms with Crippen LogP contribution in [0.4, 0.5) is 5.69 Å². The largest absolute Gasteiger partial charge is 0.322 e. The van der Waals surface area contributed by atoms with Crippen molar-refractivity contribution in [2.75, 3.05) is 5.32 Å². The Morgan fingerprint density at radius 2 is 1.92 bits per heavy atom. The number of nitrogens with zero attached hydrogens (tertiary/aromatic N) is 1. The Hall–Kier alpha value is -3.25. The Kier molecular flexibility index (Phi) is 3.87. The zero-order chi connectivity index (χ0) is 17.2. The predicted octanol–water partition coefficient (Wildman–Crippen LogP) is 2.29. The molecule has 0 atom stereocenters. The molecule has 1 aliphatic rings. The van der Waals surface area contributed by atoms with E-state index in [4.69, 9.17) is 0 Å². The summed E-state index contributed by atoms with van der Waals surface area (Å²) in [7, 11) is 0. The molecule has 0 saturated carbocycles. The molecule has 25 heavy (non-hydrogen) atoms. The van der Waals surface area contributed by atoms with Gasteiger partial charge in [-0.25, -0.2) is 0 Å². The first-order chi connectivity index (χ1) is 12.2. The van der Waals surface area contributed by atoms with E-state index in [0.29, 0.717) is 17.1 Å². The third-order valence-corrected chi connectivity index (χ3v) is 4.19. The molecule has 3 heterocycles. The van der Waals surface area contributed by atoms with Gasteiger partial charge < -0.3 is 15.6 Å². The summed E-state index contributed by atoms with van der Waals surface area (Å²) in [5.41, 5.74) is 3.93. The van der Waals surface area contributed by atoms with E-state index in [1.807, 2.05) is 24.3 Å². The van der Waals surface area contributed by atoms with Gasteiger partial charge in [0.05, 0.1) is 11.4 Å². The first-order valence-corrected chi connectivity index (χ1v) is 7.99. The summed E-state index contributed by atoms with van der Waals surface area (Å²) in [6.07, 6.45) is 1.65. The second kappa shape index (κ2) is 6.33. The minimum absolute atomic E-state index is 0.0679. The molecular weight excluding hydrogens is 316 g/mol. The summed E-state index contributed by atoms with van der Waals surface area (Å²) in [5, 5.41) is 6.04. The van der Waals surface area contributed by atoms with Gasteiger partial charge in [-0.2, -0.15) is 0 Å². The molecule has 3 aromatic rings. The quantitative estimate of drug-likeness (QED) is 0.687. The van der Waals surface area contributed by atoms with Gasteiger partial charge >= 0.3 is 0 Å². The molecule has 0 saturated heterocycles. The normalized spacial score (nSPS) is 12.6. The summed E-state index contributed by atoms with van der Waals surface area (Å²) in [5.74, 6) is -0.431. The van der Waals surface area contributed by atoms with Crippen LogP contribution in [0.5, 0.6) is 0 Å². The minimum Gasteiger partial charge on any atom is -0.322 e. The maximum absolute atomic E-state index is 12.4. The molecule has 4 rings (SSSR count). The second-order valence-electron chi connectivity index (χ2n) is 5.87. The number of aromatic nitrogens is 2. The monoisotopic (exact) mass is 332 g/mol. The lowest BCUT2D eigenvalue weighted by Crippen LogP contribution is -2.23. The number of amides is 1. The van der Waals surface area contributed by atoms with Gasteiger partial charge in [-0.1, -0.05) is 12.1 Å². The van der Waals surface area contributed by atoms with E-state index >= 15 is 0 Å². The van der Waals surface area contributed by atoms with Crippen molar-refractivity contribution in [2.24, 2.45) is 0 Å². The van der Waals surface area contributed by atoms with Crippen LogP contribution in [0.15, 0.2) is 59.5 Å². The van der Waals surface area contributed by atoms with E-state index in [-0.39, 0.29) is 5.56 Å². The van der Waals surface area contributed by atoms with Crippen LogP contribution in [-0.2, 0) is 13.1 Å². The molecule has 1 aromatic carbocycles. The van der Waals surface area contributed by atoms with Crippen molar-refractivity contribution in [1.29, 1.82) is 0 Å². The van der Waals surface area contributed by atoms with Gasteiger partial charge in [0.1, 0.15) is 5.56 Å². The average molecular weight is 332 g/mol. The van der Waals surface area contributed by atoms with Crippen LogP contribution < -0.4 is 16.2 Å². The number of hydrogen-bond donors (Lipinski definition) is 3. The Labute approximate surface area is 143 Å². The summed E-state index contributed by atoms with van der Waals surface area (Å²) in [4.78, 5) is 31.6. The van der Waals surface area contributed by atoms with Gasteiger partial charge in [-0.3, -0.25) is 14.6 Å². The van der Waals surface area contributed by atoms with E-state index < -0.39 is 11.5 Å². The fourth-order valence-electron chi connectivity index (χ4n) is 2.89. The van der Waals surface area contributed by atoms with Crippen LogP contribution in [0, 0.1) is 0 Å². The smallest absolute Gasteiger partial charge is 0.261 e. The Bertz CT molecular complexity index is 996. The molecular formula is C19H16N4O2. The van der Waals surface area contributed by atoms with Crippen molar-refractivity contribution >= 4 is 11.6 Å². The zero-order valence-electron chi connectivity index (χ0n) is 13.4. The molecule has 3 N–H and O–H groups in total. The molecule has 0 fully saturated rings. The summed E-state index contributed by atoms with van der Waals surface area (Å²) < 4.78 is 0. The van der Waals surface area contributed by atoms with Gasteiger partial charge in [0.25, 0.3) is 11.5 Å². The van der Waals surface area contributed by atoms with Crippen molar-refractivity contribution in [3.63, 3.8) is 0 Å². The number of rotatable bonds is 3. The molecule has 124 valence electrons. The number of pyridine rings is 2. The minimum atomic E-state index is -0.441. The predicted molar refractivity (Wildman–Crippen MR) is 95.2 cm³/mol. The SMILES string of the molecule is O=C(Nc1ccc2c(c1)CNC2)c1ccc(-c2ccccn2)[nH]c1=O. The average Bonchev–Trinajstić information content (AvgIpc) is 3.10. The lowest BCUT2D eigenvalue weighted by molar-refractivity contribution is 0.102. The highest BCUT2D eigenvalue weighted by molar-refractivity contribution is 6.04. The Balaban J connectivity index is 1.57. The van der Waals surface area contributed by atoms with E-state index in [1.165, 1.54) is 11.6 Å². The molecule has 0 bridgehead atoms. The van der Waals surface area contributed by atoms with Crippen molar-refractivity contribution < 1.29 is 4.79 Å². The Morgan fingerprint density at radius 3 is 2.72 bits per heavy atom. The van der Waals surface area contributed by atoms with Crippen LogP contribution in [0.2, 0.25) is 0 Å². The van der Waals surface area contributed by atoms with Crippen LogP contribution in [0.1, 0.15) is 21.5 Å². The van der Waals surface area contributed by atoms with Gasteiger partial charge in [0.2, 0.25) is 0 Å². The van der Waals surface area contributed by atoms with E-state index in [2.05, 4.69) is 20.6 Å². The third kappa shape index (κ3) is 3.07. The molecule has 1 aliphatic heterocycles. The van der Waals surface area contributed by atoms with Crippen LogP contribution >= 0.6 is 0 Å². The van der Waals surface area contributed by atoms with Crippen molar-refractivity contribution in [3.05, 3.63) is 81.8 Å². The summed E-state index contributed by atoms with van der Waals surface area (Å²) >= 11 is 0. The fourth-order valence-corrected chi connectivity index (χ4v) is 2.89. The van der Waals surface area contributed by atoms with E-state index in [0.717, 1.165) is 18.7 Å². The van der Waals surface area contributed by atoms with Crippen molar-refractivity contribution in [2.45, 2.75) is 13.1 Å². The number of fused-ring (bicyclic) bond motifs is 1. The topological polar surface area (TPSA) is 86.9 Å². The standard InChI is InChI=1S/C19H16N4O2/c24-18(22-14-5-4-12-10-20-11-13(12)9-14)15-6-7-17(23-19(15)25)16-3-1-2-8-21-16/h1-9,20H,10-11H2,(H,22,24)(H,23,25). The lowest BCUT2D eigenvalue weighted by Gasteiger charge is -2.07. The van der Waals surface area contributed by atoms with E-state index in [1.54, 1.807) is 24.4 Å². The van der Waals surface area contributed by atoms with Crippen LogP contribution in [0.3, 0.4) is 0 Å². The number of benzene rings is 1. The molecule has 0 unspecified atom stereocenters. The lowest BCUT2D eigenvalue weighted by atomic mass is 10.1. The molecule has 6 heteroatoms. The number of hydrogen-bond acceptors (Lipinski definition) is 4. The fraction of sp³-hybridized carbons (Fsp3) is 0.105. The number of H-pyrrole nitrogens is 1. The van der Waals surface area contributed by atoms with Gasteiger partial charge in [0.15, 0.2) is 0 Å². The number of carbonyl (C=O) groups is 1. The van der Waals surface area contributed by atoms with Crippen LogP contribution in [0.25, 0.3) is 11.4 Å². The maximum atomic E-state index is 12.4. The number of anilines is 1. The van der Waals surface area contributed by atoms with Gasteiger partial charge in [0, 0.05) is 25.0 Å². The highest BCUT2D eigenvalue weighted by atomic mass is 16.2. The molecule has 0 spiro atoms. The summed E-state index contributed by atoms with van der Waals surface area (Å²) in [6.45, 7) is 1.64. The maximum Gasteiger partial charge on any atom is 0.261 e. The molecule has 6 nitrogen and oxygen atoms in total. The molecule has 2 aromatic heterocycles. The Morgan fingerprint density at radius 1 is 1.04 bits per heavy atom. The molecule has 0 radical (unpaired) electrons. The number of carbonyl (C=O) groups excluding carboxylic acids is 1. The third-order valence-electron chi connectivity index (χ3n) is 4.19. The van der Waals surface area contributed by atoms with Crippen LogP contribution in [-0.4, -0.2) is 15.9 Å². The molecule has 1 amide bonds. The van der Waals surface area contributed by atoms with Crippen molar-refractivity contribution in [1.82, 2.24) is 15.3 Å². The van der Waals surface area contributed by atoms with Crippen molar-refractivity contribution in [3.8, 4) is 11.4 Å². The summed E-state index contributed by atoms with van der Waals surface area (Å²) in [6, 6.07) is 14.4.